The van der Waals surface area contributed by atoms with Gasteiger partial charge in [0, 0.05) is 0 Å². The molecule has 0 saturated heterocycles. The molecule has 0 aliphatic rings. The molecular formula is C35H76N2O3. The van der Waals surface area contributed by atoms with Crippen molar-refractivity contribution in [1.29, 1.82) is 0 Å². The fourth-order valence-electron chi connectivity index (χ4n) is 5.81. The van der Waals surface area contributed by atoms with Crippen molar-refractivity contribution in [2.75, 3.05) is 52.4 Å². The number of quaternary nitrogens is 2. The highest BCUT2D eigenvalue weighted by molar-refractivity contribution is 5.47. The number of hydrogen-bond donors (Lipinski definition) is 0. The van der Waals surface area contributed by atoms with E-state index in [1.54, 1.807) is 0 Å². The van der Waals surface area contributed by atoms with E-state index >= 15 is 0 Å². The Hall–Kier alpha value is -0.810. The second kappa shape index (κ2) is 32.7. The molecule has 0 atom stereocenters. The lowest BCUT2D eigenvalue weighted by Crippen LogP contribution is -2.48. The van der Waals surface area contributed by atoms with Crippen molar-refractivity contribution in [2.45, 2.75) is 171 Å². The van der Waals surface area contributed by atoms with Crippen molar-refractivity contribution in [2.24, 2.45) is 0 Å². The Morgan fingerprint density at radius 3 is 0.725 bits per heavy atom. The van der Waals surface area contributed by atoms with Crippen LogP contribution >= 0.6 is 0 Å². The number of nitrogens with zero attached hydrogens (tertiary/aromatic N) is 2. The first kappa shape index (κ1) is 43.6. The van der Waals surface area contributed by atoms with Crippen LogP contribution in [0.4, 0.5) is 4.79 Å². The van der Waals surface area contributed by atoms with Crippen molar-refractivity contribution < 1.29 is 24.0 Å². The van der Waals surface area contributed by atoms with E-state index in [1.165, 1.54) is 177 Å². The molecule has 0 rings (SSSR count). The van der Waals surface area contributed by atoms with E-state index in [4.69, 9.17) is 15.0 Å². The maximum atomic E-state index is 8.33. The van der Waals surface area contributed by atoms with Crippen LogP contribution in [0.2, 0.25) is 0 Å². The van der Waals surface area contributed by atoms with Gasteiger partial charge in [-0.15, -0.1) is 0 Å². The number of carboxylic acid groups (broad SMARTS) is 2. The highest BCUT2D eigenvalue weighted by Gasteiger charge is 2.20. The van der Waals surface area contributed by atoms with Gasteiger partial charge in [0.1, 0.15) is 0 Å². The van der Waals surface area contributed by atoms with Gasteiger partial charge in [0.2, 0.25) is 0 Å². The lowest BCUT2D eigenvalue weighted by molar-refractivity contribution is -0.923. The molecule has 0 bridgehead atoms. The molecule has 0 fully saturated rings. The lowest BCUT2D eigenvalue weighted by atomic mass is 10.1. The van der Waals surface area contributed by atoms with Crippen LogP contribution in [0.3, 0.4) is 0 Å². The molecular weight excluding hydrogens is 496 g/mol. The monoisotopic (exact) mass is 573 g/mol. The van der Waals surface area contributed by atoms with Crippen LogP contribution in [0, 0.1) is 0 Å². The fourth-order valence-corrected chi connectivity index (χ4v) is 5.81. The molecule has 0 aromatic rings. The Morgan fingerprint density at radius 2 is 0.550 bits per heavy atom. The first-order valence-corrected chi connectivity index (χ1v) is 17.8. The van der Waals surface area contributed by atoms with Gasteiger partial charge >= 0.3 is 0 Å². The zero-order valence-corrected chi connectivity index (χ0v) is 29.0. The third kappa shape index (κ3) is 28.7. The Bertz CT molecular complexity index is 432. The Morgan fingerprint density at radius 1 is 0.375 bits per heavy atom. The molecule has 0 spiro atoms. The highest BCUT2D eigenvalue weighted by atomic mass is 16.6. The number of carbonyl (C=O) groups excluding carboxylic acids is 1. The zero-order valence-electron chi connectivity index (χ0n) is 29.0. The summed E-state index contributed by atoms with van der Waals surface area (Å²) in [5, 5.41) is 16.7. The summed E-state index contributed by atoms with van der Waals surface area (Å²) in [6.07, 6.45) is 23.7. The summed E-state index contributed by atoms with van der Waals surface area (Å²) in [7, 11) is 0. The minimum Gasteiger partial charge on any atom is -0.652 e. The van der Waals surface area contributed by atoms with E-state index in [0.717, 1.165) is 0 Å². The highest BCUT2D eigenvalue weighted by Crippen LogP contribution is 2.14. The number of hydrogen-bond acceptors (Lipinski definition) is 3. The van der Waals surface area contributed by atoms with Gasteiger partial charge in [-0.1, -0.05) is 104 Å². The van der Waals surface area contributed by atoms with Crippen molar-refractivity contribution in [1.82, 2.24) is 0 Å². The summed E-state index contributed by atoms with van der Waals surface area (Å²) in [5.74, 6) is 0. The van der Waals surface area contributed by atoms with Crippen LogP contribution < -0.4 is 10.2 Å². The summed E-state index contributed by atoms with van der Waals surface area (Å²) in [6.45, 7) is 29.3. The summed E-state index contributed by atoms with van der Waals surface area (Å²) >= 11 is 0. The average molecular weight is 573 g/mol. The van der Waals surface area contributed by atoms with Crippen molar-refractivity contribution in [3.63, 3.8) is 0 Å². The number of rotatable bonds is 26. The summed E-state index contributed by atoms with van der Waals surface area (Å²) in [4.78, 5) is 8.33. The van der Waals surface area contributed by atoms with Crippen LogP contribution in [-0.4, -0.2) is 67.5 Å². The molecule has 0 unspecified atom stereocenters. The van der Waals surface area contributed by atoms with Gasteiger partial charge in [-0.2, -0.15) is 0 Å². The van der Waals surface area contributed by atoms with Gasteiger partial charge in [-0.25, -0.2) is 0 Å². The second-order valence-electron chi connectivity index (χ2n) is 11.9. The van der Waals surface area contributed by atoms with Gasteiger partial charge in [-0.05, 0) is 73.4 Å². The minimum absolute atomic E-state index is 1.31. The van der Waals surface area contributed by atoms with E-state index in [0.29, 0.717) is 0 Å². The molecule has 0 aromatic carbocycles. The molecule has 40 heavy (non-hydrogen) atoms. The quantitative estimate of drug-likeness (QED) is 0.0773. The van der Waals surface area contributed by atoms with Gasteiger partial charge in [-0.3, -0.25) is 0 Å². The molecule has 0 heterocycles. The smallest absolute Gasteiger partial charge is 0.0786 e. The van der Waals surface area contributed by atoms with Crippen LogP contribution in [0.15, 0.2) is 0 Å². The maximum Gasteiger partial charge on any atom is 0.0786 e. The zero-order chi connectivity index (χ0) is 31.0. The molecule has 0 N–H and O–H groups in total. The van der Waals surface area contributed by atoms with Crippen LogP contribution in [0.5, 0.6) is 0 Å². The third-order valence-electron chi connectivity index (χ3n) is 9.50. The molecule has 0 aromatic heterocycles. The van der Waals surface area contributed by atoms with Crippen LogP contribution in [0.1, 0.15) is 171 Å². The lowest BCUT2D eigenvalue weighted by Gasteiger charge is -2.35. The predicted molar refractivity (Wildman–Crippen MR) is 173 cm³/mol. The normalized spacial score (nSPS) is 11.4. The maximum absolute atomic E-state index is 8.33. The van der Waals surface area contributed by atoms with Gasteiger partial charge in [0.15, 0.2) is 0 Å². The van der Waals surface area contributed by atoms with Gasteiger partial charge < -0.3 is 24.0 Å². The molecule has 0 saturated carbocycles. The van der Waals surface area contributed by atoms with Crippen molar-refractivity contribution >= 4 is 6.16 Å². The van der Waals surface area contributed by atoms with E-state index in [1.807, 2.05) is 0 Å². The molecule has 0 amide bonds. The summed E-state index contributed by atoms with van der Waals surface area (Å²) < 4.78 is 2.66. The molecule has 5 heteroatoms. The van der Waals surface area contributed by atoms with E-state index in [9.17, 15) is 0 Å². The SMILES string of the molecule is CCCCCCCCCCC[N+](CC)(CC)CC.CCCCCCCCCCC[N+](CC)(CC)CC.O=C([O-])[O-]. The molecule has 244 valence electrons. The second-order valence-corrected chi connectivity index (χ2v) is 11.9. The third-order valence-corrected chi connectivity index (χ3v) is 9.50. The van der Waals surface area contributed by atoms with Crippen LogP contribution in [0.25, 0.3) is 0 Å². The average Bonchev–Trinajstić information content (AvgIpc) is 2.96. The summed E-state index contributed by atoms with van der Waals surface area (Å²) in [6, 6.07) is 0. The fraction of sp³-hybridized carbons (Fsp3) is 0.971. The molecule has 0 aliphatic heterocycles. The first-order chi connectivity index (χ1) is 19.2. The van der Waals surface area contributed by atoms with Gasteiger partial charge in [0.05, 0.1) is 52.4 Å². The van der Waals surface area contributed by atoms with E-state index < -0.39 is 6.16 Å². The van der Waals surface area contributed by atoms with E-state index in [2.05, 4.69) is 55.4 Å². The number of carbonyl (C=O) groups is 1. The topological polar surface area (TPSA) is 63.2 Å². The standard InChI is InChI=1S/2C17H38N.CH2O3/c2*1-5-9-10-11-12-13-14-15-16-17-18(6-2,7-3)8-4;2-1(3)4/h2*5-17H2,1-4H3;(H2,2,3,4)/q2*+1;/p-2. The summed E-state index contributed by atoms with van der Waals surface area (Å²) in [5.41, 5.74) is 0. The predicted octanol–water partition coefficient (Wildman–Crippen LogP) is 8.34. The Kier molecular flexibility index (Phi) is 35.7. The van der Waals surface area contributed by atoms with Gasteiger partial charge in [0.25, 0.3) is 0 Å². The first-order valence-electron chi connectivity index (χ1n) is 17.8. The molecule has 0 aliphatic carbocycles. The van der Waals surface area contributed by atoms with Crippen molar-refractivity contribution in [3.8, 4) is 0 Å². The van der Waals surface area contributed by atoms with Crippen molar-refractivity contribution in [3.05, 3.63) is 0 Å². The molecule has 5 nitrogen and oxygen atoms in total. The largest absolute Gasteiger partial charge is 0.652 e. The van der Waals surface area contributed by atoms with E-state index in [-0.39, 0.29) is 0 Å². The minimum atomic E-state index is -2.33. The van der Waals surface area contributed by atoms with Crippen LogP contribution in [-0.2, 0) is 0 Å². The Labute approximate surface area is 253 Å². The number of unbranched alkanes of at least 4 members (excludes halogenated alkanes) is 16. The molecule has 0 radical (unpaired) electrons. The Balaban J connectivity index is -0.000000603.